The van der Waals surface area contributed by atoms with Gasteiger partial charge >= 0.3 is 0 Å². The number of phenolic OH excluding ortho intramolecular Hbond substituents is 1. The van der Waals surface area contributed by atoms with E-state index in [4.69, 9.17) is 0 Å². The number of aromatic nitrogens is 2. The molecule has 0 aliphatic carbocycles. The average Bonchev–Trinajstić information content (AvgIpc) is 3.26. The predicted molar refractivity (Wildman–Crippen MR) is 139 cm³/mol. The molecule has 0 spiro atoms. The molecule has 2 heterocycles. The molecule has 2 aromatic carbocycles. The second kappa shape index (κ2) is 10.5. The molecule has 4 rings (SSSR count). The van der Waals surface area contributed by atoms with Crippen LogP contribution in [0.15, 0.2) is 81.6 Å². The summed E-state index contributed by atoms with van der Waals surface area (Å²) in [7, 11) is 0. The maximum absolute atomic E-state index is 13.4. The number of rotatable bonds is 8. The lowest BCUT2D eigenvalue weighted by Crippen LogP contribution is -2.24. The molecule has 0 radical (unpaired) electrons. The molecule has 0 atom stereocenters. The summed E-state index contributed by atoms with van der Waals surface area (Å²) in [6.07, 6.45) is 3.12. The highest BCUT2D eigenvalue weighted by molar-refractivity contribution is 7.99. The van der Waals surface area contributed by atoms with Crippen molar-refractivity contribution in [1.29, 1.82) is 0 Å². The third kappa shape index (κ3) is 5.27. The van der Waals surface area contributed by atoms with Gasteiger partial charge in [0.05, 0.1) is 17.4 Å². The number of aryl methyl sites for hydroxylation is 1. The van der Waals surface area contributed by atoms with E-state index in [2.05, 4.69) is 22.1 Å². The van der Waals surface area contributed by atoms with Crippen molar-refractivity contribution in [1.82, 2.24) is 15.0 Å². The highest BCUT2D eigenvalue weighted by atomic mass is 32.2. The fourth-order valence-corrected chi connectivity index (χ4v) is 5.04. The number of carbonyl (C=O) groups excluding carboxylic acids is 1. The zero-order valence-electron chi connectivity index (χ0n) is 18.4. The minimum atomic E-state index is -0.328. The van der Waals surface area contributed by atoms with E-state index in [0.29, 0.717) is 15.4 Å². The smallest absolute Gasteiger partial charge is 0.263 e. The number of allylic oxidation sites excluding steroid dienone is 1. The molecule has 2 N–H and O–H groups in total. The van der Waals surface area contributed by atoms with Crippen LogP contribution in [-0.4, -0.2) is 32.5 Å². The van der Waals surface area contributed by atoms with Crippen LogP contribution in [0.4, 0.5) is 0 Å². The van der Waals surface area contributed by atoms with Crippen LogP contribution in [0.2, 0.25) is 0 Å². The Morgan fingerprint density at radius 1 is 1.24 bits per heavy atom. The zero-order valence-corrected chi connectivity index (χ0v) is 20.0. The minimum Gasteiger partial charge on any atom is -0.508 e. The Balaban J connectivity index is 1.54. The van der Waals surface area contributed by atoms with E-state index in [0.717, 1.165) is 22.3 Å². The van der Waals surface area contributed by atoms with Gasteiger partial charge in [0.25, 0.3) is 11.5 Å². The number of nitrogens with one attached hydrogen (secondary N) is 1. The van der Waals surface area contributed by atoms with Gasteiger partial charge in [-0.15, -0.1) is 17.9 Å². The molecule has 0 saturated heterocycles. The van der Waals surface area contributed by atoms with Crippen LogP contribution in [0.25, 0.3) is 21.3 Å². The Labute approximate surface area is 204 Å². The topological polar surface area (TPSA) is 96.6 Å². The summed E-state index contributed by atoms with van der Waals surface area (Å²) in [5, 5.41) is 16.2. The van der Waals surface area contributed by atoms with Gasteiger partial charge in [-0.25, -0.2) is 10.4 Å². The Morgan fingerprint density at radius 3 is 2.68 bits per heavy atom. The molecule has 7 nitrogen and oxygen atoms in total. The summed E-state index contributed by atoms with van der Waals surface area (Å²) in [6, 6.07) is 14.5. The number of phenols is 1. The molecule has 0 aliphatic rings. The van der Waals surface area contributed by atoms with Crippen molar-refractivity contribution in [2.24, 2.45) is 5.10 Å². The first-order valence-corrected chi connectivity index (χ1v) is 12.3. The van der Waals surface area contributed by atoms with E-state index >= 15 is 0 Å². The Kier molecular flexibility index (Phi) is 7.24. The lowest BCUT2D eigenvalue weighted by Gasteiger charge is -2.10. The first-order chi connectivity index (χ1) is 16.5. The fourth-order valence-electron chi connectivity index (χ4n) is 3.25. The normalized spacial score (nSPS) is 11.2. The van der Waals surface area contributed by atoms with Gasteiger partial charge < -0.3 is 5.11 Å². The number of thiophene rings is 1. The van der Waals surface area contributed by atoms with Crippen LogP contribution < -0.4 is 11.0 Å². The van der Waals surface area contributed by atoms with Crippen molar-refractivity contribution >= 4 is 45.4 Å². The van der Waals surface area contributed by atoms with E-state index < -0.39 is 0 Å². The molecule has 0 aliphatic heterocycles. The maximum Gasteiger partial charge on any atom is 0.263 e. The SMILES string of the molecule is C=CCn1c(SCC(=O)N/N=C/c2ccc(O)cc2)nc2scc(-c3ccc(C)cc3)c2c1=O. The van der Waals surface area contributed by atoms with Crippen molar-refractivity contribution in [3.05, 3.63) is 88.0 Å². The van der Waals surface area contributed by atoms with Crippen LogP contribution in [0.3, 0.4) is 0 Å². The number of benzene rings is 2. The van der Waals surface area contributed by atoms with Crippen molar-refractivity contribution in [3.8, 4) is 16.9 Å². The third-order valence-corrected chi connectivity index (χ3v) is 6.81. The number of aromatic hydroxyl groups is 1. The van der Waals surface area contributed by atoms with E-state index in [1.54, 1.807) is 18.2 Å². The Hall–Kier alpha value is -3.69. The van der Waals surface area contributed by atoms with Gasteiger partial charge in [0, 0.05) is 17.5 Å². The molecule has 0 bridgehead atoms. The van der Waals surface area contributed by atoms with Gasteiger partial charge in [-0.3, -0.25) is 14.2 Å². The third-order valence-electron chi connectivity index (χ3n) is 4.96. The highest BCUT2D eigenvalue weighted by Crippen LogP contribution is 2.32. The number of hydrogen-bond donors (Lipinski definition) is 2. The van der Waals surface area contributed by atoms with E-state index in [1.807, 2.05) is 36.6 Å². The standard InChI is InChI=1S/C25H22N4O3S2/c1-3-12-29-24(32)22-20(18-8-4-16(2)5-9-18)14-33-23(22)27-25(29)34-15-21(31)28-26-13-17-6-10-19(30)11-7-17/h3-11,13-14,30H,1,12,15H2,2H3,(H,28,31)/b26-13+. The largest absolute Gasteiger partial charge is 0.508 e. The first kappa shape index (κ1) is 23.5. The van der Waals surface area contributed by atoms with Crippen molar-refractivity contribution in [2.75, 3.05) is 5.75 Å². The average molecular weight is 491 g/mol. The number of hydrazone groups is 1. The van der Waals surface area contributed by atoms with E-state index in [-0.39, 0.29) is 29.5 Å². The number of fused-ring (bicyclic) bond motifs is 1. The van der Waals surface area contributed by atoms with Gasteiger partial charge in [0.1, 0.15) is 10.6 Å². The monoisotopic (exact) mass is 490 g/mol. The molecule has 34 heavy (non-hydrogen) atoms. The van der Waals surface area contributed by atoms with Crippen LogP contribution in [0.1, 0.15) is 11.1 Å². The number of carbonyl (C=O) groups is 1. The van der Waals surface area contributed by atoms with E-state index in [9.17, 15) is 14.7 Å². The lowest BCUT2D eigenvalue weighted by atomic mass is 10.1. The summed E-state index contributed by atoms with van der Waals surface area (Å²) in [5.74, 6) is -0.131. The first-order valence-electron chi connectivity index (χ1n) is 10.4. The molecule has 0 unspecified atom stereocenters. The summed E-state index contributed by atoms with van der Waals surface area (Å²) in [4.78, 5) is 31.0. The Bertz CT molecular complexity index is 1420. The second-order valence-corrected chi connectivity index (χ2v) is 9.27. The molecule has 172 valence electrons. The number of hydrogen-bond acceptors (Lipinski definition) is 7. The van der Waals surface area contributed by atoms with Gasteiger partial charge in [-0.05, 0) is 42.3 Å². The maximum atomic E-state index is 13.4. The number of nitrogens with zero attached hydrogens (tertiary/aromatic N) is 3. The van der Waals surface area contributed by atoms with Crippen LogP contribution in [-0.2, 0) is 11.3 Å². The molecule has 0 fully saturated rings. The van der Waals surface area contributed by atoms with Gasteiger partial charge in [0.15, 0.2) is 5.16 Å². The molecule has 9 heteroatoms. The molecular weight excluding hydrogens is 468 g/mol. The summed E-state index contributed by atoms with van der Waals surface area (Å²) in [6.45, 7) is 6.06. The predicted octanol–water partition coefficient (Wildman–Crippen LogP) is 4.57. The van der Waals surface area contributed by atoms with Crippen LogP contribution in [0.5, 0.6) is 5.75 Å². The molecule has 0 saturated carbocycles. The van der Waals surface area contributed by atoms with Crippen LogP contribution >= 0.6 is 23.1 Å². The summed E-state index contributed by atoms with van der Waals surface area (Å²) < 4.78 is 1.54. The molecule has 1 amide bonds. The minimum absolute atomic E-state index is 0.0399. The molecule has 4 aromatic rings. The highest BCUT2D eigenvalue weighted by Gasteiger charge is 2.17. The van der Waals surface area contributed by atoms with E-state index in [1.165, 1.54) is 46.0 Å². The van der Waals surface area contributed by atoms with Crippen molar-refractivity contribution < 1.29 is 9.90 Å². The molecular formula is C25H22N4O3S2. The van der Waals surface area contributed by atoms with Crippen LogP contribution in [0, 0.1) is 6.92 Å². The van der Waals surface area contributed by atoms with Crippen molar-refractivity contribution in [3.63, 3.8) is 0 Å². The van der Waals surface area contributed by atoms with Gasteiger partial charge in [-0.1, -0.05) is 47.7 Å². The van der Waals surface area contributed by atoms with Gasteiger partial charge in [0.2, 0.25) is 0 Å². The van der Waals surface area contributed by atoms with Crippen molar-refractivity contribution in [2.45, 2.75) is 18.6 Å². The summed E-state index contributed by atoms with van der Waals surface area (Å²) >= 11 is 2.58. The quantitative estimate of drug-likeness (QED) is 0.124. The lowest BCUT2D eigenvalue weighted by molar-refractivity contribution is -0.118. The second-order valence-electron chi connectivity index (χ2n) is 7.47. The zero-order chi connectivity index (χ0) is 24.1. The fraction of sp³-hybridized carbons (Fsp3) is 0.120. The molecule has 2 aromatic heterocycles. The van der Waals surface area contributed by atoms with Gasteiger partial charge in [-0.2, -0.15) is 5.10 Å². The Morgan fingerprint density at radius 2 is 1.97 bits per heavy atom. The number of thioether (sulfide) groups is 1. The number of amides is 1. The summed E-state index contributed by atoms with van der Waals surface area (Å²) in [5.41, 5.74) is 6.01.